The van der Waals surface area contributed by atoms with Gasteiger partial charge in [-0.3, -0.25) is 14.9 Å². The van der Waals surface area contributed by atoms with Gasteiger partial charge in [0.15, 0.2) is 0 Å². The minimum Gasteiger partial charge on any atom is -0.369 e. The summed E-state index contributed by atoms with van der Waals surface area (Å²) >= 11 is 0. The van der Waals surface area contributed by atoms with Crippen molar-refractivity contribution in [2.75, 3.05) is 41.3 Å². The van der Waals surface area contributed by atoms with Gasteiger partial charge < -0.3 is 15.1 Å². The number of nitrogens with one attached hydrogen (secondary N) is 1. The van der Waals surface area contributed by atoms with Crippen molar-refractivity contribution in [2.24, 2.45) is 0 Å². The van der Waals surface area contributed by atoms with Gasteiger partial charge in [-0.2, -0.15) is 0 Å². The lowest BCUT2D eigenvalue weighted by Gasteiger charge is -2.29. The van der Waals surface area contributed by atoms with E-state index in [1.165, 1.54) is 12.1 Å². The second-order valence-electron chi connectivity index (χ2n) is 8.18. The number of nitrogens with zero attached hydrogens (tertiary/aromatic N) is 3. The highest BCUT2D eigenvalue weighted by molar-refractivity contribution is 6.05. The van der Waals surface area contributed by atoms with Crippen molar-refractivity contribution in [3.63, 3.8) is 0 Å². The van der Waals surface area contributed by atoms with Crippen LogP contribution in [0.25, 0.3) is 0 Å². The van der Waals surface area contributed by atoms with Gasteiger partial charge >= 0.3 is 0 Å². The number of rotatable bonds is 5. The van der Waals surface area contributed by atoms with Gasteiger partial charge in [-0.05, 0) is 68.9 Å². The van der Waals surface area contributed by atoms with Crippen molar-refractivity contribution in [3.05, 3.63) is 57.9 Å². The van der Waals surface area contributed by atoms with Crippen LogP contribution in [0.15, 0.2) is 36.4 Å². The molecule has 31 heavy (non-hydrogen) atoms. The molecule has 0 spiro atoms. The van der Waals surface area contributed by atoms with E-state index in [9.17, 15) is 19.3 Å². The molecular weight excluding hydrogens is 399 g/mol. The van der Waals surface area contributed by atoms with Gasteiger partial charge in [-0.15, -0.1) is 0 Å². The average Bonchev–Trinajstić information content (AvgIpc) is 2.80. The SMILES string of the molecule is O=C(Nc1ccc(N2CCCCC2)c(F)c1)c1ccc(N2CCCCC2)c([N+](=O)[O-])c1. The van der Waals surface area contributed by atoms with Crippen LogP contribution in [-0.2, 0) is 0 Å². The molecule has 2 aliphatic heterocycles. The molecule has 2 fully saturated rings. The number of carbonyl (C=O) groups is 1. The van der Waals surface area contributed by atoms with Crippen LogP contribution in [0.1, 0.15) is 48.9 Å². The molecule has 2 saturated heterocycles. The van der Waals surface area contributed by atoms with Gasteiger partial charge in [0.25, 0.3) is 11.6 Å². The minimum absolute atomic E-state index is 0.0822. The lowest BCUT2D eigenvalue weighted by molar-refractivity contribution is -0.384. The fourth-order valence-electron chi connectivity index (χ4n) is 4.39. The molecule has 2 aromatic rings. The standard InChI is InChI=1S/C23H27FN4O3/c24-19-16-18(8-10-20(19)26-11-3-1-4-12-26)25-23(29)17-7-9-21(22(15-17)28(30)31)27-13-5-2-6-14-27/h7-10,15-16H,1-6,11-14H2,(H,25,29). The molecule has 164 valence electrons. The van der Waals surface area contributed by atoms with E-state index in [1.807, 2.05) is 9.80 Å². The Hall–Kier alpha value is -3.16. The predicted molar refractivity (Wildman–Crippen MR) is 120 cm³/mol. The van der Waals surface area contributed by atoms with E-state index in [0.717, 1.165) is 64.7 Å². The van der Waals surface area contributed by atoms with E-state index in [4.69, 9.17) is 0 Å². The number of carbonyl (C=O) groups excluding carboxylic acids is 1. The van der Waals surface area contributed by atoms with Crippen LogP contribution in [0.4, 0.5) is 27.1 Å². The predicted octanol–water partition coefficient (Wildman–Crippen LogP) is 4.97. The Morgan fingerprint density at radius 3 is 2.03 bits per heavy atom. The van der Waals surface area contributed by atoms with Crippen LogP contribution in [0.5, 0.6) is 0 Å². The summed E-state index contributed by atoms with van der Waals surface area (Å²) in [6.07, 6.45) is 6.37. The summed E-state index contributed by atoms with van der Waals surface area (Å²) in [6, 6.07) is 9.18. The first-order chi connectivity index (χ1) is 15.0. The van der Waals surface area contributed by atoms with Crippen molar-refractivity contribution in [1.82, 2.24) is 0 Å². The largest absolute Gasteiger partial charge is 0.369 e. The highest BCUT2D eigenvalue weighted by atomic mass is 19.1. The number of halogens is 1. The molecule has 7 nitrogen and oxygen atoms in total. The van der Waals surface area contributed by atoms with Gasteiger partial charge in [0, 0.05) is 43.5 Å². The van der Waals surface area contributed by atoms with E-state index >= 15 is 0 Å². The normalized spacial score (nSPS) is 16.8. The van der Waals surface area contributed by atoms with Crippen LogP contribution >= 0.6 is 0 Å². The smallest absolute Gasteiger partial charge is 0.293 e. The third-order valence-electron chi connectivity index (χ3n) is 6.03. The maximum atomic E-state index is 14.6. The quantitative estimate of drug-likeness (QED) is 0.540. The first-order valence-corrected chi connectivity index (χ1v) is 10.9. The highest BCUT2D eigenvalue weighted by Crippen LogP contribution is 2.32. The summed E-state index contributed by atoms with van der Waals surface area (Å²) in [5.74, 6) is -0.885. The Morgan fingerprint density at radius 2 is 1.45 bits per heavy atom. The Labute approximate surface area is 181 Å². The van der Waals surface area contributed by atoms with Crippen LogP contribution < -0.4 is 15.1 Å². The fraction of sp³-hybridized carbons (Fsp3) is 0.435. The Bertz CT molecular complexity index is 969. The second-order valence-corrected chi connectivity index (χ2v) is 8.18. The minimum atomic E-state index is -0.501. The molecule has 0 unspecified atom stereocenters. The van der Waals surface area contributed by atoms with Gasteiger partial charge in [-0.25, -0.2) is 4.39 Å². The number of hydrogen-bond donors (Lipinski definition) is 1. The molecule has 0 aromatic heterocycles. The molecule has 0 saturated carbocycles. The molecule has 2 aromatic carbocycles. The van der Waals surface area contributed by atoms with Crippen molar-refractivity contribution >= 4 is 28.7 Å². The van der Waals surface area contributed by atoms with Gasteiger partial charge in [0.2, 0.25) is 0 Å². The van der Waals surface area contributed by atoms with E-state index in [2.05, 4.69) is 5.32 Å². The van der Waals surface area contributed by atoms with Gasteiger partial charge in [0.05, 0.1) is 10.6 Å². The maximum Gasteiger partial charge on any atom is 0.293 e. The number of piperidine rings is 2. The first kappa shape index (κ1) is 21.1. The number of hydrogen-bond acceptors (Lipinski definition) is 5. The lowest BCUT2D eigenvalue weighted by Crippen LogP contribution is -2.30. The zero-order valence-electron chi connectivity index (χ0n) is 17.5. The Morgan fingerprint density at radius 1 is 0.871 bits per heavy atom. The third kappa shape index (κ3) is 4.78. The molecule has 1 amide bonds. The third-order valence-corrected chi connectivity index (χ3v) is 6.03. The molecule has 8 heteroatoms. The van der Waals surface area contributed by atoms with Crippen molar-refractivity contribution in [2.45, 2.75) is 38.5 Å². The molecule has 2 aliphatic rings. The number of nitro groups is 1. The molecule has 0 aliphatic carbocycles. The monoisotopic (exact) mass is 426 g/mol. The molecule has 4 rings (SSSR count). The van der Waals surface area contributed by atoms with Crippen LogP contribution in [0.3, 0.4) is 0 Å². The summed E-state index contributed by atoms with van der Waals surface area (Å²) in [4.78, 5) is 27.9. The number of nitro benzene ring substituents is 1. The molecule has 0 bridgehead atoms. The molecule has 2 heterocycles. The van der Waals surface area contributed by atoms with Crippen molar-refractivity contribution < 1.29 is 14.1 Å². The van der Waals surface area contributed by atoms with Crippen molar-refractivity contribution in [3.8, 4) is 0 Å². The van der Waals surface area contributed by atoms with E-state index in [1.54, 1.807) is 24.3 Å². The van der Waals surface area contributed by atoms with Crippen LogP contribution in [0, 0.1) is 15.9 Å². The lowest BCUT2D eigenvalue weighted by atomic mass is 10.1. The Kier molecular flexibility index (Phi) is 6.34. The average molecular weight is 426 g/mol. The fourth-order valence-corrected chi connectivity index (χ4v) is 4.39. The van der Waals surface area contributed by atoms with Gasteiger partial charge in [-0.1, -0.05) is 0 Å². The first-order valence-electron chi connectivity index (χ1n) is 10.9. The summed E-state index contributed by atoms with van der Waals surface area (Å²) in [5, 5.41) is 14.3. The maximum absolute atomic E-state index is 14.6. The zero-order chi connectivity index (χ0) is 21.8. The van der Waals surface area contributed by atoms with Crippen LogP contribution in [0.2, 0.25) is 0 Å². The zero-order valence-corrected chi connectivity index (χ0v) is 17.5. The number of benzene rings is 2. The summed E-state index contributed by atoms with van der Waals surface area (Å²) in [7, 11) is 0. The van der Waals surface area contributed by atoms with Crippen LogP contribution in [-0.4, -0.2) is 37.0 Å². The molecule has 1 N–H and O–H groups in total. The highest BCUT2D eigenvalue weighted by Gasteiger charge is 2.23. The van der Waals surface area contributed by atoms with Crippen molar-refractivity contribution in [1.29, 1.82) is 0 Å². The second kappa shape index (κ2) is 9.32. The van der Waals surface area contributed by atoms with E-state index in [-0.39, 0.29) is 17.1 Å². The number of amides is 1. The van der Waals surface area contributed by atoms with E-state index in [0.29, 0.717) is 17.1 Å². The number of anilines is 3. The summed E-state index contributed by atoms with van der Waals surface area (Å²) < 4.78 is 14.6. The summed E-state index contributed by atoms with van der Waals surface area (Å²) in [6.45, 7) is 3.20. The topological polar surface area (TPSA) is 78.7 Å². The summed E-state index contributed by atoms with van der Waals surface area (Å²) in [5.41, 5.74) is 1.50. The molecular formula is C23H27FN4O3. The van der Waals surface area contributed by atoms with E-state index < -0.39 is 10.8 Å². The Balaban J connectivity index is 1.51. The van der Waals surface area contributed by atoms with Gasteiger partial charge in [0.1, 0.15) is 11.5 Å². The molecule has 0 atom stereocenters. The molecule has 0 radical (unpaired) electrons.